The number of halogens is 2. The summed E-state index contributed by atoms with van der Waals surface area (Å²) in [4.78, 5) is 0. The van der Waals surface area contributed by atoms with Gasteiger partial charge in [-0.25, -0.2) is 8.78 Å². The largest absolute Gasteiger partial charge is 0.395 e. The Balaban J connectivity index is 0.00000122. The Bertz CT molecular complexity index is 675. The van der Waals surface area contributed by atoms with E-state index < -0.39 is 11.6 Å². The van der Waals surface area contributed by atoms with Gasteiger partial charge in [-0.3, -0.25) is 0 Å². The molecule has 2 N–H and O–H groups in total. The Morgan fingerprint density at radius 2 is 1.64 bits per heavy atom. The molecule has 1 heterocycles. The highest BCUT2D eigenvalue weighted by Gasteiger charge is 2.15. The average Bonchev–Trinajstić information content (AvgIpc) is 2.67. The zero-order valence-electron chi connectivity index (χ0n) is 17.3. The van der Waals surface area contributed by atoms with Gasteiger partial charge < -0.3 is 10.4 Å². The lowest BCUT2D eigenvalue weighted by Crippen LogP contribution is -2.20. The van der Waals surface area contributed by atoms with Gasteiger partial charge in [0.2, 0.25) is 0 Å². The molecule has 0 unspecified atom stereocenters. The molecule has 0 aliphatic carbocycles. The van der Waals surface area contributed by atoms with Crippen LogP contribution in [0.1, 0.15) is 57.7 Å². The summed E-state index contributed by atoms with van der Waals surface area (Å²) >= 11 is 0. The van der Waals surface area contributed by atoms with Gasteiger partial charge in [-0.05, 0) is 56.0 Å². The average molecular weight is 394 g/mol. The second-order valence-electron chi connectivity index (χ2n) is 6.69. The van der Waals surface area contributed by atoms with Gasteiger partial charge in [-0.1, -0.05) is 39.7 Å². The van der Waals surface area contributed by atoms with Gasteiger partial charge in [0.1, 0.15) is 11.6 Å². The maximum Gasteiger partial charge on any atom is 0.135 e. The van der Waals surface area contributed by atoms with Crippen molar-refractivity contribution in [3.63, 3.8) is 0 Å². The molecule has 0 aliphatic rings. The number of hydrogen-bond acceptors (Lipinski definition) is 4. The minimum absolute atomic E-state index is 0.116. The molecule has 0 radical (unpaired) electrons. The Morgan fingerprint density at radius 1 is 0.964 bits per heavy atom. The number of aliphatic hydroxyl groups excluding tert-OH is 1. The number of aliphatic hydroxyl groups is 1. The fraction of sp³-hybridized carbons (Fsp3) is 0.545. The molecule has 0 fully saturated rings. The predicted octanol–water partition coefficient (Wildman–Crippen LogP) is 4.70. The van der Waals surface area contributed by atoms with Gasteiger partial charge in [-0.15, -0.1) is 0 Å². The number of rotatable bonds is 10. The lowest BCUT2D eigenvalue weighted by Gasteiger charge is -2.11. The quantitative estimate of drug-likeness (QED) is 0.575. The molecule has 0 bridgehead atoms. The molecule has 1 aromatic carbocycles. The Morgan fingerprint density at radius 3 is 2.25 bits per heavy atom. The monoisotopic (exact) mass is 393 g/mol. The Kier molecular flexibility index (Phi) is 12.2. The van der Waals surface area contributed by atoms with Crippen LogP contribution in [0.25, 0.3) is 11.3 Å². The number of nitrogens with one attached hydrogen (secondary N) is 1. The topological polar surface area (TPSA) is 58.0 Å². The van der Waals surface area contributed by atoms with Crippen LogP contribution in [0.5, 0.6) is 0 Å². The van der Waals surface area contributed by atoms with E-state index in [9.17, 15) is 8.78 Å². The lowest BCUT2D eigenvalue weighted by molar-refractivity contribution is 0.292. The summed E-state index contributed by atoms with van der Waals surface area (Å²) in [6, 6.07) is 5.56. The van der Waals surface area contributed by atoms with Crippen molar-refractivity contribution in [3.05, 3.63) is 47.2 Å². The van der Waals surface area contributed by atoms with Crippen molar-refractivity contribution in [1.82, 2.24) is 15.5 Å². The molecule has 2 rings (SSSR count). The highest BCUT2D eigenvalue weighted by Crippen LogP contribution is 2.26. The van der Waals surface area contributed by atoms with Crippen LogP contribution in [0.4, 0.5) is 8.78 Å². The van der Waals surface area contributed by atoms with Crippen LogP contribution in [-0.2, 0) is 12.8 Å². The molecule has 0 amide bonds. The summed E-state index contributed by atoms with van der Waals surface area (Å²) in [5.74, 6) is -1.26. The van der Waals surface area contributed by atoms with Crippen molar-refractivity contribution in [2.75, 3.05) is 19.7 Å². The summed E-state index contributed by atoms with van der Waals surface area (Å²) in [5, 5.41) is 20.2. The van der Waals surface area contributed by atoms with E-state index in [0.29, 0.717) is 6.54 Å². The second kappa shape index (κ2) is 14.1. The zero-order valence-corrected chi connectivity index (χ0v) is 17.3. The van der Waals surface area contributed by atoms with Crippen LogP contribution in [0.15, 0.2) is 24.3 Å². The van der Waals surface area contributed by atoms with Crippen molar-refractivity contribution in [2.24, 2.45) is 0 Å². The molecule has 1 aromatic heterocycles. The first-order valence-corrected chi connectivity index (χ1v) is 10.2. The van der Waals surface area contributed by atoms with Gasteiger partial charge in [0.25, 0.3) is 0 Å². The Hall–Kier alpha value is -1.92. The number of benzene rings is 1. The molecule has 4 nitrogen and oxygen atoms in total. The van der Waals surface area contributed by atoms with Crippen LogP contribution >= 0.6 is 0 Å². The molecular formula is C22H33F2N3O. The molecule has 0 saturated carbocycles. The highest BCUT2D eigenvalue weighted by atomic mass is 19.1. The van der Waals surface area contributed by atoms with Crippen LogP contribution in [0.2, 0.25) is 0 Å². The third kappa shape index (κ3) is 7.98. The fourth-order valence-electron chi connectivity index (χ4n) is 2.70. The van der Waals surface area contributed by atoms with Gasteiger partial charge in [0, 0.05) is 6.54 Å². The number of nitrogens with zero attached hydrogens (tertiary/aromatic N) is 2. The molecule has 0 aliphatic heterocycles. The van der Waals surface area contributed by atoms with Crippen molar-refractivity contribution in [3.8, 4) is 11.3 Å². The second-order valence-corrected chi connectivity index (χ2v) is 6.69. The lowest BCUT2D eigenvalue weighted by atomic mass is 10.0. The minimum Gasteiger partial charge on any atom is -0.395 e. The van der Waals surface area contributed by atoms with E-state index >= 15 is 0 Å². The predicted molar refractivity (Wildman–Crippen MR) is 110 cm³/mol. The first-order valence-electron chi connectivity index (χ1n) is 10.2. The van der Waals surface area contributed by atoms with Crippen molar-refractivity contribution < 1.29 is 13.9 Å². The van der Waals surface area contributed by atoms with Gasteiger partial charge in [0.15, 0.2) is 0 Å². The summed E-state index contributed by atoms with van der Waals surface area (Å²) in [6.45, 7) is 7.81. The number of aryl methyl sites for hydroxylation is 2. The number of hydrogen-bond donors (Lipinski definition) is 2. The first kappa shape index (κ1) is 24.1. The third-order valence-electron chi connectivity index (χ3n) is 4.03. The SMILES string of the molecule is CCC.CCCCc1cc(-c2c(F)cccc2F)nnc1CCCNCCO. The van der Waals surface area contributed by atoms with E-state index in [1.54, 1.807) is 6.07 Å². The third-order valence-corrected chi connectivity index (χ3v) is 4.03. The van der Waals surface area contributed by atoms with Crippen molar-refractivity contribution in [1.29, 1.82) is 0 Å². The van der Waals surface area contributed by atoms with E-state index in [1.807, 2.05) is 0 Å². The normalized spacial score (nSPS) is 10.5. The summed E-state index contributed by atoms with van der Waals surface area (Å²) in [7, 11) is 0. The van der Waals surface area contributed by atoms with E-state index in [4.69, 9.17) is 5.11 Å². The maximum absolute atomic E-state index is 14.0. The first-order chi connectivity index (χ1) is 13.6. The fourth-order valence-corrected chi connectivity index (χ4v) is 2.70. The van der Waals surface area contributed by atoms with E-state index in [-0.39, 0.29) is 17.9 Å². The van der Waals surface area contributed by atoms with Gasteiger partial charge >= 0.3 is 0 Å². The zero-order chi connectivity index (χ0) is 20.8. The van der Waals surface area contributed by atoms with E-state index in [0.717, 1.165) is 49.9 Å². The minimum atomic E-state index is -0.628. The smallest absolute Gasteiger partial charge is 0.135 e. The molecule has 0 saturated heterocycles. The van der Waals surface area contributed by atoms with Crippen LogP contribution in [-0.4, -0.2) is 35.0 Å². The van der Waals surface area contributed by atoms with E-state index in [1.165, 1.54) is 24.6 Å². The van der Waals surface area contributed by atoms with Crippen molar-refractivity contribution >= 4 is 0 Å². The standard InChI is InChI=1S/C19H25F2N3O.C3H8/c1-2-3-6-14-13-18(19-15(20)7-4-8-16(19)21)24-23-17(14)9-5-10-22-11-12-25;1-3-2/h4,7-8,13,22,25H,2-3,5-6,9-12H2,1H3;3H2,1-2H3. The molecule has 6 heteroatoms. The van der Waals surface area contributed by atoms with Crippen LogP contribution < -0.4 is 5.32 Å². The summed E-state index contributed by atoms with van der Waals surface area (Å²) in [5.41, 5.74) is 1.99. The number of aromatic nitrogens is 2. The van der Waals surface area contributed by atoms with Crippen LogP contribution in [0.3, 0.4) is 0 Å². The molecular weight excluding hydrogens is 360 g/mol. The highest BCUT2D eigenvalue weighted by molar-refractivity contribution is 5.61. The molecule has 28 heavy (non-hydrogen) atoms. The van der Waals surface area contributed by atoms with Gasteiger partial charge in [-0.2, -0.15) is 10.2 Å². The van der Waals surface area contributed by atoms with Crippen molar-refractivity contribution in [2.45, 2.75) is 59.3 Å². The maximum atomic E-state index is 14.0. The molecule has 0 spiro atoms. The van der Waals surface area contributed by atoms with E-state index in [2.05, 4.69) is 36.3 Å². The molecule has 2 aromatic rings. The van der Waals surface area contributed by atoms with Gasteiger partial charge in [0.05, 0.1) is 23.6 Å². The van der Waals surface area contributed by atoms with Crippen LogP contribution in [0, 0.1) is 11.6 Å². The molecule has 156 valence electrons. The Labute approximate surface area is 167 Å². The summed E-state index contributed by atoms with van der Waals surface area (Å²) < 4.78 is 28.0. The number of unbranched alkanes of at least 4 members (excludes halogenated alkanes) is 1. The molecule has 0 atom stereocenters. The summed E-state index contributed by atoms with van der Waals surface area (Å²) in [6.07, 6.45) is 5.68.